The Morgan fingerprint density at radius 3 is 2.68 bits per heavy atom. The van der Waals surface area contributed by atoms with Crippen LogP contribution in [0, 0.1) is 24.2 Å². The molecule has 0 spiro atoms. The number of esters is 1. The van der Waals surface area contributed by atoms with Gasteiger partial charge >= 0.3 is 5.97 Å². The number of hydrogen-bond acceptors (Lipinski definition) is 4. The van der Waals surface area contributed by atoms with Gasteiger partial charge in [-0.2, -0.15) is 0 Å². The minimum Gasteiger partial charge on any atom is -0.508 e. The summed E-state index contributed by atoms with van der Waals surface area (Å²) < 4.78 is 4.87. The zero-order valence-electron chi connectivity index (χ0n) is 17.6. The third kappa shape index (κ3) is 3.03. The van der Waals surface area contributed by atoms with Gasteiger partial charge in [0.2, 0.25) is 0 Å². The first-order valence-corrected chi connectivity index (χ1v) is 10.1. The lowest BCUT2D eigenvalue weighted by Gasteiger charge is -2.59. The van der Waals surface area contributed by atoms with E-state index in [4.69, 9.17) is 4.74 Å². The second-order valence-electron chi connectivity index (χ2n) is 8.97. The molecule has 0 heterocycles. The molecule has 4 atom stereocenters. The molecule has 4 nitrogen and oxygen atoms in total. The van der Waals surface area contributed by atoms with Crippen molar-refractivity contribution >= 4 is 5.97 Å². The summed E-state index contributed by atoms with van der Waals surface area (Å²) in [4.78, 5) is 12.3. The molecule has 0 amide bonds. The molecule has 2 N–H and O–H groups in total. The van der Waals surface area contributed by atoms with Crippen molar-refractivity contribution in [2.45, 2.75) is 59.3 Å². The Hall–Kier alpha value is -2.23. The Kier molecular flexibility index (Phi) is 5.35. The highest BCUT2D eigenvalue weighted by Crippen LogP contribution is 2.72. The maximum Gasteiger partial charge on any atom is 0.341 e. The Labute approximate surface area is 167 Å². The zero-order chi connectivity index (χ0) is 20.8. The second-order valence-corrected chi connectivity index (χ2v) is 8.97. The predicted molar refractivity (Wildman–Crippen MR) is 111 cm³/mol. The number of aryl methyl sites for hydroxylation is 1. The molecular weight excluding hydrogens is 352 g/mol. The monoisotopic (exact) mass is 384 g/mol. The van der Waals surface area contributed by atoms with Crippen LogP contribution in [0.2, 0.25) is 0 Å². The first-order valence-electron chi connectivity index (χ1n) is 10.1. The van der Waals surface area contributed by atoms with Crippen LogP contribution >= 0.6 is 0 Å². The molecule has 3 rings (SSSR count). The molecule has 1 aromatic rings. The molecule has 0 unspecified atom stereocenters. The Bertz CT molecular complexity index is 847. The van der Waals surface area contributed by atoms with Crippen molar-refractivity contribution in [1.29, 1.82) is 0 Å². The van der Waals surface area contributed by atoms with Crippen LogP contribution < -0.4 is 0 Å². The predicted octanol–water partition coefficient (Wildman–Crippen LogP) is 5.63. The lowest BCUT2D eigenvalue weighted by atomic mass is 9.45. The zero-order valence-corrected chi connectivity index (χ0v) is 17.6. The largest absolute Gasteiger partial charge is 0.508 e. The summed E-state index contributed by atoms with van der Waals surface area (Å²) in [6.07, 6.45) is 6.26. The Morgan fingerprint density at radius 2 is 2.07 bits per heavy atom. The third-order valence-electron chi connectivity index (χ3n) is 7.05. The molecule has 2 saturated carbocycles. The van der Waals surface area contributed by atoms with Gasteiger partial charge in [-0.15, -0.1) is 0 Å². The fourth-order valence-electron chi connectivity index (χ4n) is 5.69. The molecular formula is C24H32O4. The van der Waals surface area contributed by atoms with E-state index in [1.165, 1.54) is 18.3 Å². The highest BCUT2D eigenvalue weighted by Gasteiger charge is 2.62. The van der Waals surface area contributed by atoms with Gasteiger partial charge in [0.1, 0.15) is 17.1 Å². The number of hydrogen-bond donors (Lipinski definition) is 2. The van der Waals surface area contributed by atoms with Gasteiger partial charge in [-0.05, 0) is 75.3 Å². The van der Waals surface area contributed by atoms with Gasteiger partial charge in [0.05, 0.1) is 7.11 Å². The number of benzene rings is 1. The number of ether oxygens (including phenoxy) is 1. The van der Waals surface area contributed by atoms with Gasteiger partial charge in [0.15, 0.2) is 0 Å². The van der Waals surface area contributed by atoms with E-state index in [9.17, 15) is 15.0 Å². The van der Waals surface area contributed by atoms with E-state index in [1.807, 2.05) is 0 Å². The SMILES string of the molecule is C=C1CC[C@H]2[C@@H]1[C@H](c1c(O)cc(C)c(C(=O)OC)c1O)[C@@]2(C)CCC=C(C)C. The van der Waals surface area contributed by atoms with Gasteiger partial charge in [0, 0.05) is 11.5 Å². The molecule has 0 saturated heterocycles. The van der Waals surface area contributed by atoms with Crippen LogP contribution in [0.5, 0.6) is 11.5 Å². The first-order chi connectivity index (χ1) is 13.1. The minimum atomic E-state index is -0.580. The fraction of sp³-hybridized carbons (Fsp3) is 0.542. The molecule has 0 bridgehead atoms. The number of rotatable bonds is 5. The van der Waals surface area contributed by atoms with Crippen molar-refractivity contribution in [3.05, 3.63) is 46.6 Å². The van der Waals surface area contributed by atoms with Gasteiger partial charge < -0.3 is 14.9 Å². The number of fused-ring (bicyclic) bond motifs is 1. The summed E-state index contributed by atoms with van der Waals surface area (Å²) in [6, 6.07) is 1.57. The number of carbonyl (C=O) groups is 1. The Morgan fingerprint density at radius 1 is 1.39 bits per heavy atom. The average molecular weight is 385 g/mol. The second kappa shape index (κ2) is 7.31. The van der Waals surface area contributed by atoms with Gasteiger partial charge in [-0.25, -0.2) is 4.79 Å². The molecule has 0 aliphatic heterocycles. The van der Waals surface area contributed by atoms with Gasteiger partial charge in [-0.1, -0.05) is 30.7 Å². The lowest BCUT2D eigenvalue weighted by Crippen LogP contribution is -2.51. The fourth-order valence-corrected chi connectivity index (χ4v) is 5.69. The Balaban J connectivity index is 2.10. The smallest absolute Gasteiger partial charge is 0.341 e. The number of carbonyl (C=O) groups excluding carboxylic acids is 1. The van der Waals surface area contributed by atoms with Crippen LogP contribution in [0.25, 0.3) is 0 Å². The number of aromatic hydroxyl groups is 2. The van der Waals surface area contributed by atoms with Crippen LogP contribution in [-0.4, -0.2) is 23.3 Å². The number of phenols is 2. The summed E-state index contributed by atoms with van der Waals surface area (Å²) in [6.45, 7) is 12.4. The maximum absolute atomic E-state index is 12.3. The summed E-state index contributed by atoms with van der Waals surface area (Å²) in [7, 11) is 1.30. The van der Waals surface area contributed by atoms with E-state index in [-0.39, 0.29) is 34.3 Å². The van der Waals surface area contributed by atoms with Crippen molar-refractivity contribution in [1.82, 2.24) is 0 Å². The number of methoxy groups -OCH3 is 1. The highest BCUT2D eigenvalue weighted by molar-refractivity contribution is 5.95. The van der Waals surface area contributed by atoms with Crippen LogP contribution in [0.15, 0.2) is 29.9 Å². The highest BCUT2D eigenvalue weighted by atomic mass is 16.5. The topological polar surface area (TPSA) is 66.8 Å². The van der Waals surface area contributed by atoms with Crippen LogP contribution in [0.3, 0.4) is 0 Å². The standard InChI is InChI=1S/C24H32O4/c1-13(2)8-7-11-24(5)16-10-9-14(3)18(16)21(24)20-17(25)12-15(4)19(22(20)26)23(27)28-6/h8,12,16,18,21,25-26H,3,7,9-11H2,1-2,4-6H3/t16-,18+,21+,24-/m0/s1. The van der Waals surface area contributed by atoms with Crippen molar-refractivity contribution < 1.29 is 19.7 Å². The molecule has 0 radical (unpaired) electrons. The average Bonchev–Trinajstić information content (AvgIpc) is 2.96. The van der Waals surface area contributed by atoms with Gasteiger partial charge in [0.25, 0.3) is 0 Å². The molecule has 4 heteroatoms. The molecule has 1 aromatic carbocycles. The third-order valence-corrected chi connectivity index (χ3v) is 7.05. The molecule has 152 valence electrons. The van der Waals surface area contributed by atoms with Crippen LogP contribution in [0.4, 0.5) is 0 Å². The van der Waals surface area contributed by atoms with Crippen LogP contribution in [-0.2, 0) is 4.74 Å². The normalized spacial score (nSPS) is 28.5. The maximum atomic E-state index is 12.3. The number of allylic oxidation sites excluding steroid dienone is 3. The summed E-state index contributed by atoms with van der Waals surface area (Å²) in [5.41, 5.74) is 3.56. The van der Waals surface area contributed by atoms with Crippen molar-refractivity contribution in [3.63, 3.8) is 0 Å². The molecule has 2 aliphatic carbocycles. The van der Waals surface area contributed by atoms with E-state index >= 15 is 0 Å². The van der Waals surface area contributed by atoms with E-state index in [2.05, 4.69) is 33.4 Å². The lowest BCUT2D eigenvalue weighted by molar-refractivity contribution is -0.0351. The van der Waals surface area contributed by atoms with Crippen molar-refractivity contribution in [3.8, 4) is 11.5 Å². The quantitative estimate of drug-likeness (QED) is 0.510. The number of phenolic OH excluding ortho intramolecular Hbond substituents is 2. The molecule has 0 aromatic heterocycles. The first kappa shape index (κ1) is 20.5. The van der Waals surface area contributed by atoms with Crippen LogP contribution in [0.1, 0.15) is 73.9 Å². The van der Waals surface area contributed by atoms with E-state index in [0.29, 0.717) is 17.0 Å². The van der Waals surface area contributed by atoms with Crippen molar-refractivity contribution in [2.75, 3.05) is 7.11 Å². The van der Waals surface area contributed by atoms with E-state index < -0.39 is 5.97 Å². The van der Waals surface area contributed by atoms with Crippen molar-refractivity contribution in [2.24, 2.45) is 17.3 Å². The molecule has 2 aliphatic rings. The molecule has 2 fully saturated rings. The molecule has 28 heavy (non-hydrogen) atoms. The summed E-state index contributed by atoms with van der Waals surface area (Å²) >= 11 is 0. The minimum absolute atomic E-state index is 0.0536. The summed E-state index contributed by atoms with van der Waals surface area (Å²) in [5, 5.41) is 21.8. The van der Waals surface area contributed by atoms with Gasteiger partial charge in [-0.3, -0.25) is 0 Å². The van der Waals surface area contributed by atoms with E-state index in [0.717, 1.165) is 25.7 Å². The summed E-state index contributed by atoms with van der Waals surface area (Å²) in [5.74, 6) is 0.0183. The van der Waals surface area contributed by atoms with E-state index in [1.54, 1.807) is 13.0 Å².